The molecule has 0 aliphatic rings. The van der Waals surface area contributed by atoms with Crippen LogP contribution in [0.2, 0.25) is 0 Å². The average molecular weight is 257 g/mol. The summed E-state index contributed by atoms with van der Waals surface area (Å²) in [5, 5.41) is 7.13. The molecule has 0 aliphatic carbocycles. The van der Waals surface area contributed by atoms with Crippen LogP contribution in [0.3, 0.4) is 0 Å². The van der Waals surface area contributed by atoms with Gasteiger partial charge in [-0.05, 0) is 12.8 Å². The van der Waals surface area contributed by atoms with Gasteiger partial charge in [0.05, 0.1) is 13.2 Å². The Kier molecular flexibility index (Phi) is 6.85. The van der Waals surface area contributed by atoms with E-state index in [4.69, 9.17) is 14.0 Å². The van der Waals surface area contributed by atoms with Crippen LogP contribution in [0.25, 0.3) is 0 Å². The van der Waals surface area contributed by atoms with Gasteiger partial charge in [-0.2, -0.15) is 4.98 Å². The molecule has 0 saturated heterocycles. The predicted molar refractivity (Wildman–Crippen MR) is 67.1 cm³/mol. The van der Waals surface area contributed by atoms with Crippen molar-refractivity contribution in [1.29, 1.82) is 0 Å². The van der Waals surface area contributed by atoms with Crippen molar-refractivity contribution in [1.82, 2.24) is 15.5 Å². The second-order valence-electron chi connectivity index (χ2n) is 4.34. The first-order valence-corrected chi connectivity index (χ1v) is 6.32. The van der Waals surface area contributed by atoms with Crippen LogP contribution < -0.4 is 5.32 Å². The molecule has 6 nitrogen and oxygen atoms in total. The highest BCUT2D eigenvalue weighted by molar-refractivity contribution is 4.92. The maximum Gasteiger partial charge on any atom is 0.240 e. The van der Waals surface area contributed by atoms with Crippen LogP contribution >= 0.6 is 0 Å². The van der Waals surface area contributed by atoms with Gasteiger partial charge in [0.25, 0.3) is 0 Å². The van der Waals surface area contributed by atoms with Gasteiger partial charge in [0.1, 0.15) is 6.10 Å². The third-order valence-electron chi connectivity index (χ3n) is 2.45. The fraction of sp³-hybridized carbons (Fsp3) is 0.833. The van der Waals surface area contributed by atoms with Gasteiger partial charge in [0.15, 0.2) is 0 Å². The van der Waals surface area contributed by atoms with Crippen molar-refractivity contribution >= 4 is 0 Å². The van der Waals surface area contributed by atoms with E-state index in [0.717, 1.165) is 6.54 Å². The van der Waals surface area contributed by atoms with Crippen LogP contribution in [0, 0.1) is 5.92 Å². The third-order valence-corrected chi connectivity index (χ3v) is 2.45. The quantitative estimate of drug-likeness (QED) is 0.677. The van der Waals surface area contributed by atoms with Gasteiger partial charge in [0.2, 0.25) is 11.7 Å². The molecule has 104 valence electrons. The number of hydrogen-bond acceptors (Lipinski definition) is 6. The van der Waals surface area contributed by atoms with E-state index in [2.05, 4.69) is 29.3 Å². The van der Waals surface area contributed by atoms with Gasteiger partial charge < -0.3 is 19.3 Å². The van der Waals surface area contributed by atoms with Crippen LogP contribution in [0.15, 0.2) is 4.52 Å². The summed E-state index contributed by atoms with van der Waals surface area (Å²) in [4.78, 5) is 4.34. The van der Waals surface area contributed by atoms with E-state index >= 15 is 0 Å². The van der Waals surface area contributed by atoms with Crippen molar-refractivity contribution in [3.05, 3.63) is 11.7 Å². The zero-order valence-electron chi connectivity index (χ0n) is 11.6. The maximum absolute atomic E-state index is 5.62. The molecule has 0 bridgehead atoms. The van der Waals surface area contributed by atoms with E-state index in [0.29, 0.717) is 37.4 Å². The molecule has 0 spiro atoms. The molecule has 1 rings (SSSR count). The summed E-state index contributed by atoms with van der Waals surface area (Å²) >= 11 is 0. The Morgan fingerprint density at radius 1 is 1.39 bits per heavy atom. The molecular weight excluding hydrogens is 234 g/mol. The van der Waals surface area contributed by atoms with Crippen LogP contribution in [0.5, 0.6) is 0 Å². The molecule has 18 heavy (non-hydrogen) atoms. The second-order valence-corrected chi connectivity index (χ2v) is 4.34. The summed E-state index contributed by atoms with van der Waals surface area (Å²) in [5.74, 6) is 1.51. The van der Waals surface area contributed by atoms with E-state index in [1.54, 1.807) is 7.11 Å². The Hall–Kier alpha value is -0.980. The van der Waals surface area contributed by atoms with E-state index in [-0.39, 0.29) is 6.10 Å². The highest BCUT2D eigenvalue weighted by atomic mass is 16.5. The SMILES string of the molecule is CCOC(c1noc(CNCCOC)n1)C(C)C. The van der Waals surface area contributed by atoms with E-state index in [1.807, 2.05) is 6.92 Å². The number of aromatic nitrogens is 2. The zero-order chi connectivity index (χ0) is 13.4. The molecular formula is C12H23N3O3. The van der Waals surface area contributed by atoms with Gasteiger partial charge in [-0.25, -0.2) is 0 Å². The largest absolute Gasteiger partial charge is 0.383 e. The van der Waals surface area contributed by atoms with Crippen LogP contribution in [0.4, 0.5) is 0 Å². The van der Waals surface area contributed by atoms with Crippen molar-refractivity contribution in [3.8, 4) is 0 Å². The molecule has 1 heterocycles. The summed E-state index contributed by atoms with van der Waals surface area (Å²) in [6.07, 6.45) is -0.105. The van der Waals surface area contributed by atoms with Crippen LogP contribution in [-0.2, 0) is 16.0 Å². The summed E-state index contributed by atoms with van der Waals surface area (Å²) in [6, 6.07) is 0. The predicted octanol–water partition coefficient (Wildman–Crippen LogP) is 1.54. The molecule has 1 aromatic rings. The first-order valence-electron chi connectivity index (χ1n) is 6.32. The first-order chi connectivity index (χ1) is 8.69. The highest BCUT2D eigenvalue weighted by Gasteiger charge is 2.21. The van der Waals surface area contributed by atoms with Crippen LogP contribution in [0.1, 0.15) is 38.6 Å². The smallest absolute Gasteiger partial charge is 0.240 e. The van der Waals surface area contributed by atoms with Gasteiger partial charge >= 0.3 is 0 Å². The summed E-state index contributed by atoms with van der Waals surface area (Å²) in [7, 11) is 1.67. The Morgan fingerprint density at radius 3 is 2.78 bits per heavy atom. The minimum absolute atomic E-state index is 0.105. The Bertz CT molecular complexity index is 328. The number of nitrogens with zero attached hydrogens (tertiary/aromatic N) is 2. The van der Waals surface area contributed by atoms with Crippen molar-refractivity contribution in [3.63, 3.8) is 0 Å². The molecule has 0 radical (unpaired) electrons. The van der Waals surface area contributed by atoms with Crippen molar-refractivity contribution in [2.75, 3.05) is 26.9 Å². The molecule has 1 N–H and O–H groups in total. The fourth-order valence-corrected chi connectivity index (χ4v) is 1.57. The van der Waals surface area contributed by atoms with E-state index in [1.165, 1.54) is 0 Å². The second kappa shape index (κ2) is 8.18. The lowest BCUT2D eigenvalue weighted by molar-refractivity contribution is 0.0217. The molecule has 1 aromatic heterocycles. The number of methoxy groups -OCH3 is 1. The molecule has 1 unspecified atom stereocenters. The third kappa shape index (κ3) is 4.72. The van der Waals surface area contributed by atoms with Gasteiger partial charge in [-0.15, -0.1) is 0 Å². The number of rotatable bonds is 9. The lowest BCUT2D eigenvalue weighted by atomic mass is 10.1. The Labute approximate surface area is 108 Å². The standard InChI is InChI=1S/C12H23N3O3/c1-5-17-11(9(2)3)12-14-10(18-15-12)8-13-6-7-16-4/h9,11,13H,5-8H2,1-4H3. The minimum atomic E-state index is -0.105. The van der Waals surface area contributed by atoms with Gasteiger partial charge in [0, 0.05) is 20.3 Å². The maximum atomic E-state index is 5.62. The van der Waals surface area contributed by atoms with Crippen molar-refractivity contribution < 1.29 is 14.0 Å². The lowest BCUT2D eigenvalue weighted by Gasteiger charge is -2.16. The summed E-state index contributed by atoms with van der Waals surface area (Å²) < 4.78 is 15.7. The van der Waals surface area contributed by atoms with Crippen molar-refractivity contribution in [2.45, 2.75) is 33.4 Å². The monoisotopic (exact) mass is 257 g/mol. The van der Waals surface area contributed by atoms with Crippen LogP contribution in [-0.4, -0.2) is 37.0 Å². The molecule has 0 fully saturated rings. The van der Waals surface area contributed by atoms with E-state index < -0.39 is 0 Å². The van der Waals surface area contributed by atoms with E-state index in [9.17, 15) is 0 Å². The molecule has 0 aliphatic heterocycles. The number of ether oxygens (including phenoxy) is 2. The zero-order valence-corrected chi connectivity index (χ0v) is 11.6. The topological polar surface area (TPSA) is 69.4 Å². The molecule has 1 atom stereocenters. The first kappa shape index (κ1) is 15.1. The average Bonchev–Trinajstić information content (AvgIpc) is 2.79. The minimum Gasteiger partial charge on any atom is -0.383 e. The fourth-order valence-electron chi connectivity index (χ4n) is 1.57. The molecule has 6 heteroatoms. The number of nitrogens with one attached hydrogen (secondary N) is 1. The Morgan fingerprint density at radius 2 is 2.17 bits per heavy atom. The molecule has 0 aromatic carbocycles. The molecule has 0 amide bonds. The summed E-state index contributed by atoms with van der Waals surface area (Å²) in [5.41, 5.74) is 0. The normalized spacial score (nSPS) is 13.2. The van der Waals surface area contributed by atoms with Gasteiger partial charge in [-0.1, -0.05) is 19.0 Å². The van der Waals surface area contributed by atoms with Gasteiger partial charge in [-0.3, -0.25) is 0 Å². The summed E-state index contributed by atoms with van der Waals surface area (Å²) in [6.45, 7) is 8.72. The highest BCUT2D eigenvalue weighted by Crippen LogP contribution is 2.22. The van der Waals surface area contributed by atoms with Crippen molar-refractivity contribution in [2.24, 2.45) is 5.92 Å². The lowest BCUT2D eigenvalue weighted by Crippen LogP contribution is -2.19. The number of hydrogen-bond donors (Lipinski definition) is 1. The molecule has 0 saturated carbocycles. The Balaban J connectivity index is 2.50.